The highest BCUT2D eigenvalue weighted by Crippen LogP contribution is 2.09. The number of ether oxygens (including phenoxy) is 1. The molecule has 0 atom stereocenters. The van der Waals surface area contributed by atoms with E-state index in [0.717, 1.165) is 44.0 Å². The number of nitrogens with one attached hydrogen (secondary N) is 3. The highest BCUT2D eigenvalue weighted by Gasteiger charge is 2.24. The van der Waals surface area contributed by atoms with Gasteiger partial charge in [-0.25, -0.2) is 5.43 Å². The standard InChI is InChI=1S/C21H26N4O2/c1-27-20-9-7-18(8-10-20)15-22-23-21(26)17-25-13-11-24(12-14-25)16-19-5-3-2-4-6-19/h2-10,15H,11-14,16-17H2,1H3,(H,23,26)/p+2. The molecule has 0 spiro atoms. The van der Waals surface area contributed by atoms with E-state index < -0.39 is 0 Å². The fourth-order valence-corrected chi connectivity index (χ4v) is 3.33. The molecule has 0 aliphatic carbocycles. The second-order valence-corrected chi connectivity index (χ2v) is 6.91. The zero-order valence-corrected chi connectivity index (χ0v) is 15.8. The number of rotatable bonds is 7. The highest BCUT2D eigenvalue weighted by atomic mass is 16.5. The summed E-state index contributed by atoms with van der Waals surface area (Å²) in [6, 6.07) is 18.1. The number of quaternary nitrogens is 2. The Labute approximate surface area is 160 Å². The average molecular weight is 368 g/mol. The molecule has 0 saturated carbocycles. The number of benzene rings is 2. The first kappa shape index (κ1) is 19.1. The van der Waals surface area contributed by atoms with Crippen molar-refractivity contribution in [3.8, 4) is 5.75 Å². The van der Waals surface area contributed by atoms with Crippen molar-refractivity contribution in [3.63, 3.8) is 0 Å². The fraction of sp³-hybridized carbons (Fsp3) is 0.333. The molecule has 1 aliphatic rings. The maximum absolute atomic E-state index is 12.1. The van der Waals surface area contributed by atoms with E-state index >= 15 is 0 Å². The summed E-state index contributed by atoms with van der Waals surface area (Å²) in [5.41, 5.74) is 4.92. The van der Waals surface area contributed by atoms with E-state index in [0.29, 0.717) is 6.54 Å². The normalized spacial score (nSPS) is 19.7. The largest absolute Gasteiger partial charge is 0.497 e. The second-order valence-electron chi connectivity index (χ2n) is 6.91. The van der Waals surface area contributed by atoms with Gasteiger partial charge in [-0.3, -0.25) is 4.79 Å². The van der Waals surface area contributed by atoms with Gasteiger partial charge in [0, 0.05) is 5.56 Å². The molecule has 2 aromatic carbocycles. The molecule has 6 nitrogen and oxygen atoms in total. The van der Waals surface area contributed by atoms with Crippen molar-refractivity contribution in [2.24, 2.45) is 5.10 Å². The number of hydrogen-bond donors (Lipinski definition) is 3. The molecule has 2 aromatic rings. The van der Waals surface area contributed by atoms with Crippen LogP contribution in [0, 0.1) is 0 Å². The van der Waals surface area contributed by atoms with Crippen LogP contribution in [0.25, 0.3) is 0 Å². The van der Waals surface area contributed by atoms with E-state index in [4.69, 9.17) is 4.74 Å². The first-order valence-electron chi connectivity index (χ1n) is 9.40. The lowest BCUT2D eigenvalue weighted by Gasteiger charge is -2.29. The third-order valence-corrected chi connectivity index (χ3v) is 4.89. The number of nitrogens with zero attached hydrogens (tertiary/aromatic N) is 1. The van der Waals surface area contributed by atoms with Crippen molar-refractivity contribution >= 4 is 12.1 Å². The molecule has 1 amide bonds. The topological polar surface area (TPSA) is 59.6 Å². The van der Waals surface area contributed by atoms with Crippen LogP contribution in [0.1, 0.15) is 11.1 Å². The van der Waals surface area contributed by atoms with Crippen molar-refractivity contribution in [2.75, 3.05) is 39.8 Å². The van der Waals surface area contributed by atoms with Gasteiger partial charge in [0.1, 0.15) is 38.5 Å². The highest BCUT2D eigenvalue weighted by molar-refractivity contribution is 5.82. The summed E-state index contributed by atoms with van der Waals surface area (Å²) in [6.07, 6.45) is 1.65. The summed E-state index contributed by atoms with van der Waals surface area (Å²) in [4.78, 5) is 15.0. The zero-order valence-electron chi connectivity index (χ0n) is 15.8. The van der Waals surface area contributed by atoms with Crippen LogP contribution >= 0.6 is 0 Å². The molecule has 1 aliphatic heterocycles. The lowest BCUT2D eigenvalue weighted by molar-refractivity contribution is -1.02. The minimum atomic E-state index is -0.0405. The van der Waals surface area contributed by atoms with Gasteiger partial charge in [0.25, 0.3) is 5.91 Å². The third kappa shape index (κ3) is 6.20. The Balaban J connectivity index is 1.37. The molecule has 0 radical (unpaired) electrons. The Morgan fingerprint density at radius 2 is 1.70 bits per heavy atom. The number of carbonyl (C=O) groups is 1. The molecule has 6 heteroatoms. The molecule has 27 heavy (non-hydrogen) atoms. The number of hydrazone groups is 1. The molecule has 0 bridgehead atoms. The van der Waals surface area contributed by atoms with E-state index in [-0.39, 0.29) is 5.91 Å². The van der Waals surface area contributed by atoms with Crippen molar-refractivity contribution in [1.29, 1.82) is 0 Å². The van der Waals surface area contributed by atoms with Gasteiger partial charge in [-0.2, -0.15) is 5.10 Å². The summed E-state index contributed by atoms with van der Waals surface area (Å²) in [5.74, 6) is 0.759. The van der Waals surface area contributed by atoms with Crippen molar-refractivity contribution in [1.82, 2.24) is 5.43 Å². The van der Waals surface area contributed by atoms with E-state index in [1.807, 2.05) is 24.3 Å². The molecule has 0 aromatic heterocycles. The Morgan fingerprint density at radius 1 is 1.04 bits per heavy atom. The monoisotopic (exact) mass is 368 g/mol. The summed E-state index contributed by atoms with van der Waals surface area (Å²) in [7, 11) is 1.63. The van der Waals surface area contributed by atoms with Gasteiger partial charge in [-0.15, -0.1) is 0 Å². The van der Waals surface area contributed by atoms with E-state index in [9.17, 15) is 4.79 Å². The molecule has 1 fully saturated rings. The summed E-state index contributed by atoms with van der Waals surface area (Å²) < 4.78 is 5.12. The number of hydrogen-bond acceptors (Lipinski definition) is 3. The fourth-order valence-electron chi connectivity index (χ4n) is 3.33. The zero-order chi connectivity index (χ0) is 18.9. The van der Waals surface area contributed by atoms with Gasteiger partial charge in [-0.05, 0) is 29.8 Å². The van der Waals surface area contributed by atoms with Gasteiger partial charge in [-0.1, -0.05) is 30.3 Å². The number of methoxy groups -OCH3 is 1. The molecule has 142 valence electrons. The van der Waals surface area contributed by atoms with Gasteiger partial charge in [0.05, 0.1) is 13.3 Å². The third-order valence-electron chi connectivity index (χ3n) is 4.89. The second kappa shape index (κ2) is 9.85. The Morgan fingerprint density at radius 3 is 2.37 bits per heavy atom. The molecule has 3 rings (SSSR count). The van der Waals surface area contributed by atoms with Gasteiger partial charge >= 0.3 is 0 Å². The molecule has 1 saturated heterocycles. The van der Waals surface area contributed by atoms with Crippen LogP contribution in [0.3, 0.4) is 0 Å². The summed E-state index contributed by atoms with van der Waals surface area (Å²) in [5, 5.41) is 4.05. The predicted octanol–water partition coefficient (Wildman–Crippen LogP) is -0.871. The Hall–Kier alpha value is -2.70. The maximum atomic E-state index is 12.1. The smallest absolute Gasteiger partial charge is 0.295 e. The van der Waals surface area contributed by atoms with Crippen molar-refractivity contribution in [2.45, 2.75) is 6.54 Å². The number of piperazine rings is 1. The first-order valence-corrected chi connectivity index (χ1v) is 9.40. The van der Waals surface area contributed by atoms with Crippen LogP contribution < -0.4 is 20.0 Å². The van der Waals surface area contributed by atoms with Gasteiger partial charge < -0.3 is 14.5 Å². The maximum Gasteiger partial charge on any atom is 0.295 e. The number of amides is 1. The molecule has 1 heterocycles. The molecular formula is C21H28N4O2+2. The van der Waals surface area contributed by atoms with Crippen molar-refractivity contribution in [3.05, 3.63) is 65.7 Å². The minimum absolute atomic E-state index is 0.0405. The lowest BCUT2D eigenvalue weighted by atomic mass is 10.2. The minimum Gasteiger partial charge on any atom is -0.497 e. The molecule has 0 unspecified atom stereocenters. The lowest BCUT2D eigenvalue weighted by Crippen LogP contribution is -3.28. The van der Waals surface area contributed by atoms with E-state index in [1.54, 1.807) is 18.2 Å². The van der Waals surface area contributed by atoms with Crippen LogP contribution in [0.4, 0.5) is 0 Å². The van der Waals surface area contributed by atoms with Crippen LogP contribution in [-0.4, -0.2) is 52.0 Å². The SMILES string of the molecule is COc1ccc(C=NNC(=O)C[NH+]2CC[NH+](Cc3ccccc3)CC2)cc1. The van der Waals surface area contributed by atoms with E-state index in [1.165, 1.54) is 10.5 Å². The Bertz CT molecular complexity index is 739. The van der Waals surface area contributed by atoms with Crippen LogP contribution in [0.5, 0.6) is 5.75 Å². The molecular weight excluding hydrogens is 340 g/mol. The summed E-state index contributed by atoms with van der Waals surface area (Å²) in [6.45, 7) is 5.74. The molecule has 3 N–H and O–H groups in total. The van der Waals surface area contributed by atoms with Crippen LogP contribution in [-0.2, 0) is 11.3 Å². The van der Waals surface area contributed by atoms with Crippen LogP contribution in [0.15, 0.2) is 59.7 Å². The predicted molar refractivity (Wildman–Crippen MR) is 105 cm³/mol. The summed E-state index contributed by atoms with van der Waals surface area (Å²) >= 11 is 0. The first-order chi connectivity index (χ1) is 13.2. The number of carbonyl (C=O) groups excluding carboxylic acids is 1. The quantitative estimate of drug-likeness (QED) is 0.440. The van der Waals surface area contributed by atoms with Gasteiger partial charge in [0.2, 0.25) is 0 Å². The average Bonchev–Trinajstić information content (AvgIpc) is 2.71. The van der Waals surface area contributed by atoms with E-state index in [2.05, 4.69) is 40.9 Å². The Kier molecular flexibility index (Phi) is 6.96. The van der Waals surface area contributed by atoms with Crippen molar-refractivity contribution < 1.29 is 19.3 Å². The van der Waals surface area contributed by atoms with Crippen LogP contribution in [0.2, 0.25) is 0 Å². The van der Waals surface area contributed by atoms with Gasteiger partial charge in [0.15, 0.2) is 6.54 Å².